The minimum absolute atomic E-state index is 0.436. The maximum Gasteiger partial charge on any atom is 0.470 e. The summed E-state index contributed by atoms with van der Waals surface area (Å²) in [6, 6.07) is 0. The molecule has 0 aliphatic rings. The van der Waals surface area contributed by atoms with Crippen LogP contribution < -0.4 is 0 Å². The molecule has 122 valence electrons. The molecule has 0 radical (unpaired) electrons. The molecule has 0 amide bonds. The highest BCUT2D eigenvalue weighted by atomic mass is 32.2. The summed E-state index contributed by atoms with van der Waals surface area (Å²) in [7, 11) is -4.32. The molecule has 0 aliphatic heterocycles. The van der Waals surface area contributed by atoms with E-state index in [2.05, 4.69) is 11.4 Å². The Balaban J connectivity index is 3.19. The van der Waals surface area contributed by atoms with E-state index in [0.29, 0.717) is 0 Å². The molecule has 0 aromatic rings. The number of thioether (sulfide) groups is 1. The van der Waals surface area contributed by atoms with Crippen LogP contribution in [-0.4, -0.2) is 21.0 Å². The van der Waals surface area contributed by atoms with E-state index in [1.807, 2.05) is 0 Å². The zero-order valence-corrected chi connectivity index (χ0v) is 14.6. The first-order valence-corrected chi connectivity index (χ1v) is 10.4. The molecule has 1 unspecified atom stereocenters. The average Bonchev–Trinajstić information content (AvgIpc) is 2.34. The second-order valence-electron chi connectivity index (χ2n) is 5.22. The van der Waals surface area contributed by atoms with Crippen LogP contribution in [0.5, 0.6) is 0 Å². The molecule has 0 saturated heterocycles. The molecule has 20 heavy (non-hydrogen) atoms. The van der Waals surface area contributed by atoms with E-state index < -0.39 is 13.3 Å². The monoisotopic (exact) mass is 326 g/mol. The van der Waals surface area contributed by atoms with E-state index in [1.54, 1.807) is 6.92 Å². The summed E-state index contributed by atoms with van der Waals surface area (Å²) in [4.78, 5) is 17.3. The Labute approximate surface area is 128 Å². The Morgan fingerprint density at radius 3 is 1.85 bits per heavy atom. The Morgan fingerprint density at radius 1 is 0.950 bits per heavy atom. The van der Waals surface area contributed by atoms with Gasteiger partial charge in [0.15, 0.2) is 0 Å². The van der Waals surface area contributed by atoms with Gasteiger partial charge in [0, 0.05) is 0 Å². The zero-order chi connectivity index (χ0) is 15.3. The summed E-state index contributed by atoms with van der Waals surface area (Å²) in [6.45, 7) is 3.92. The fourth-order valence-electron chi connectivity index (χ4n) is 2.06. The lowest BCUT2D eigenvalue weighted by molar-refractivity contribution is 0.191. The van der Waals surface area contributed by atoms with Crippen LogP contribution >= 0.6 is 19.6 Å². The van der Waals surface area contributed by atoms with Crippen molar-refractivity contribution in [2.75, 3.05) is 5.75 Å². The Kier molecular flexibility index (Phi) is 13.4. The van der Waals surface area contributed by atoms with E-state index in [1.165, 1.54) is 69.5 Å². The quantitative estimate of drug-likeness (QED) is 0.264. The largest absolute Gasteiger partial charge is 0.470 e. The maximum absolute atomic E-state index is 10.6. The molecular formula is C14H31O4PS. The van der Waals surface area contributed by atoms with E-state index in [9.17, 15) is 4.57 Å². The fraction of sp³-hybridized carbons (Fsp3) is 1.00. The van der Waals surface area contributed by atoms with Gasteiger partial charge in [-0.1, -0.05) is 64.7 Å². The molecular weight excluding hydrogens is 295 g/mol. The molecule has 6 heteroatoms. The predicted octanol–water partition coefficient (Wildman–Crippen LogP) is 5.10. The maximum atomic E-state index is 10.6. The van der Waals surface area contributed by atoms with Gasteiger partial charge < -0.3 is 9.79 Å². The van der Waals surface area contributed by atoms with Crippen LogP contribution in [0.25, 0.3) is 0 Å². The van der Waals surface area contributed by atoms with Gasteiger partial charge in [0.25, 0.3) is 0 Å². The van der Waals surface area contributed by atoms with Crippen LogP contribution in [0.2, 0.25) is 0 Å². The van der Waals surface area contributed by atoms with Gasteiger partial charge in [0.2, 0.25) is 0 Å². The highest BCUT2D eigenvalue weighted by Gasteiger charge is 2.18. The predicted molar refractivity (Wildman–Crippen MR) is 86.9 cm³/mol. The molecule has 2 N–H and O–H groups in total. The molecule has 0 rings (SSSR count). The van der Waals surface area contributed by atoms with E-state index in [0.717, 1.165) is 12.2 Å². The molecule has 0 fully saturated rings. The Bertz CT molecular complexity index is 258. The Hall–Kier alpha value is 0.460. The smallest absolute Gasteiger partial charge is 0.303 e. The van der Waals surface area contributed by atoms with Gasteiger partial charge >= 0.3 is 7.82 Å². The molecule has 0 saturated carbocycles. The Morgan fingerprint density at radius 2 is 1.40 bits per heavy atom. The molecule has 0 aromatic carbocycles. The van der Waals surface area contributed by atoms with Gasteiger partial charge in [-0.25, -0.2) is 4.57 Å². The first-order chi connectivity index (χ1) is 9.45. The summed E-state index contributed by atoms with van der Waals surface area (Å²) >= 11 is 1.47. The third-order valence-electron chi connectivity index (χ3n) is 3.14. The first kappa shape index (κ1) is 20.5. The van der Waals surface area contributed by atoms with Crippen LogP contribution in [0.3, 0.4) is 0 Å². The number of phosphoric acid groups is 1. The minimum Gasteiger partial charge on any atom is -0.303 e. The molecule has 0 aromatic heterocycles. The lowest BCUT2D eigenvalue weighted by atomic mass is 10.1. The molecule has 0 spiro atoms. The number of hydrogen-bond donors (Lipinski definition) is 2. The topological polar surface area (TPSA) is 66.8 Å². The molecule has 0 bridgehead atoms. The molecule has 0 aliphatic carbocycles. The van der Waals surface area contributed by atoms with Crippen molar-refractivity contribution in [3.8, 4) is 0 Å². The van der Waals surface area contributed by atoms with Crippen molar-refractivity contribution in [2.24, 2.45) is 0 Å². The van der Waals surface area contributed by atoms with Crippen molar-refractivity contribution in [2.45, 2.75) is 83.5 Å². The summed E-state index contributed by atoms with van der Waals surface area (Å²) in [6.07, 6.45) is 13.0. The minimum atomic E-state index is -4.32. The van der Waals surface area contributed by atoms with E-state index in [4.69, 9.17) is 9.79 Å². The van der Waals surface area contributed by atoms with E-state index in [-0.39, 0.29) is 0 Å². The average molecular weight is 326 g/mol. The number of hydrogen-bond acceptors (Lipinski definition) is 3. The van der Waals surface area contributed by atoms with Gasteiger partial charge in [0.1, 0.15) is 5.44 Å². The second kappa shape index (κ2) is 13.1. The van der Waals surface area contributed by atoms with Crippen molar-refractivity contribution >= 4 is 19.6 Å². The second-order valence-corrected chi connectivity index (χ2v) is 7.81. The summed E-state index contributed by atoms with van der Waals surface area (Å²) in [5.41, 5.74) is -0.436. The number of rotatable bonds is 14. The van der Waals surface area contributed by atoms with Gasteiger partial charge in [-0.15, -0.1) is 11.8 Å². The van der Waals surface area contributed by atoms with Crippen LogP contribution in [0, 0.1) is 0 Å². The molecule has 4 nitrogen and oxygen atoms in total. The van der Waals surface area contributed by atoms with Gasteiger partial charge in [0.05, 0.1) is 0 Å². The van der Waals surface area contributed by atoms with Gasteiger partial charge in [-0.05, 0) is 19.1 Å². The standard InChI is InChI=1S/C14H31O4PS/c1-3-4-5-6-7-8-9-10-11-12-13-20-14(2)18-19(15,16)17/h14H,3-13H2,1-2H3,(H2,15,16,17). The lowest BCUT2D eigenvalue weighted by Gasteiger charge is -2.12. The summed E-state index contributed by atoms with van der Waals surface area (Å²) in [5, 5.41) is 0. The van der Waals surface area contributed by atoms with Crippen molar-refractivity contribution in [1.29, 1.82) is 0 Å². The van der Waals surface area contributed by atoms with Crippen molar-refractivity contribution < 1.29 is 18.9 Å². The van der Waals surface area contributed by atoms with Crippen molar-refractivity contribution in [3.63, 3.8) is 0 Å². The zero-order valence-electron chi connectivity index (χ0n) is 12.9. The third-order valence-corrected chi connectivity index (χ3v) is 4.96. The highest BCUT2D eigenvalue weighted by Crippen LogP contribution is 2.40. The summed E-state index contributed by atoms with van der Waals surface area (Å²) in [5.74, 6) is 0.900. The SMILES string of the molecule is CCCCCCCCCCCCSC(C)OP(=O)(O)O. The lowest BCUT2D eigenvalue weighted by Crippen LogP contribution is -2.02. The third kappa shape index (κ3) is 16.5. The number of unbranched alkanes of at least 4 members (excludes halogenated alkanes) is 9. The van der Waals surface area contributed by atoms with Crippen molar-refractivity contribution in [3.05, 3.63) is 0 Å². The molecule has 1 atom stereocenters. The van der Waals surface area contributed by atoms with E-state index >= 15 is 0 Å². The van der Waals surface area contributed by atoms with Crippen LogP contribution in [0.1, 0.15) is 78.1 Å². The van der Waals surface area contributed by atoms with Crippen LogP contribution in [-0.2, 0) is 9.09 Å². The van der Waals surface area contributed by atoms with Crippen LogP contribution in [0.4, 0.5) is 0 Å². The number of phosphoric ester groups is 1. The normalized spacial score (nSPS) is 13.6. The van der Waals surface area contributed by atoms with Gasteiger partial charge in [-0.3, -0.25) is 4.52 Å². The fourth-order valence-corrected chi connectivity index (χ4v) is 3.73. The molecule has 0 heterocycles. The first-order valence-electron chi connectivity index (χ1n) is 7.81. The summed E-state index contributed by atoms with van der Waals surface area (Å²) < 4.78 is 15.2. The van der Waals surface area contributed by atoms with Crippen LogP contribution in [0.15, 0.2) is 0 Å². The highest BCUT2D eigenvalue weighted by molar-refractivity contribution is 7.99. The van der Waals surface area contributed by atoms with Crippen molar-refractivity contribution in [1.82, 2.24) is 0 Å². The van der Waals surface area contributed by atoms with Gasteiger partial charge in [-0.2, -0.15) is 0 Å².